The summed E-state index contributed by atoms with van der Waals surface area (Å²) in [4.78, 5) is 29.0. The van der Waals surface area contributed by atoms with Gasteiger partial charge in [0.25, 0.3) is 5.91 Å². The lowest BCUT2D eigenvalue weighted by Gasteiger charge is -2.04. The maximum Gasteiger partial charge on any atom is 0.263 e. The summed E-state index contributed by atoms with van der Waals surface area (Å²) in [5, 5.41) is 6.07. The molecule has 1 aromatic carbocycles. The third kappa shape index (κ3) is 3.68. The lowest BCUT2D eigenvalue weighted by Crippen LogP contribution is -2.21. The average molecular weight is 331 g/mol. The molecule has 0 radical (unpaired) electrons. The molecule has 0 aliphatic carbocycles. The minimum Gasteiger partial charge on any atom is -0.497 e. The van der Waals surface area contributed by atoms with E-state index in [1.807, 2.05) is 24.3 Å². The molecule has 3 rings (SSSR count). The molecule has 23 heavy (non-hydrogen) atoms. The van der Waals surface area contributed by atoms with Gasteiger partial charge in [0, 0.05) is 6.54 Å². The number of amides is 2. The molecule has 120 valence electrons. The van der Waals surface area contributed by atoms with Gasteiger partial charge in [-0.3, -0.25) is 9.59 Å². The molecule has 0 spiro atoms. The Morgan fingerprint density at radius 1 is 1.48 bits per heavy atom. The molecular formula is C16H17N3O3S. The summed E-state index contributed by atoms with van der Waals surface area (Å²) in [6, 6.07) is 7.37. The number of carbonyl (C=O) groups is 2. The van der Waals surface area contributed by atoms with Crippen LogP contribution in [-0.2, 0) is 17.6 Å². The van der Waals surface area contributed by atoms with Gasteiger partial charge in [-0.15, -0.1) is 0 Å². The SMILES string of the molecule is COc1cccc(CC(=O)Nc2nc3c(s2)C(=O)NCCC3)c1. The summed E-state index contributed by atoms with van der Waals surface area (Å²) >= 11 is 1.22. The highest BCUT2D eigenvalue weighted by molar-refractivity contribution is 7.17. The Balaban J connectivity index is 1.68. The van der Waals surface area contributed by atoms with Gasteiger partial charge in [0.15, 0.2) is 5.13 Å². The maximum atomic E-state index is 12.2. The van der Waals surface area contributed by atoms with Crippen molar-refractivity contribution in [3.8, 4) is 5.75 Å². The Kier molecular flexibility index (Phi) is 4.57. The standard InChI is InChI=1S/C16H17N3O3S/c1-22-11-5-2-4-10(8-11)9-13(20)19-16-18-12-6-3-7-17-15(21)14(12)23-16/h2,4-5,8H,3,6-7,9H2,1H3,(H,17,21)(H,18,19,20). The summed E-state index contributed by atoms with van der Waals surface area (Å²) < 4.78 is 5.15. The van der Waals surface area contributed by atoms with E-state index < -0.39 is 0 Å². The molecule has 1 aliphatic heterocycles. The zero-order valence-electron chi connectivity index (χ0n) is 12.7. The van der Waals surface area contributed by atoms with E-state index in [2.05, 4.69) is 15.6 Å². The number of aryl methyl sites for hydroxylation is 1. The normalized spacial score (nSPS) is 13.7. The van der Waals surface area contributed by atoms with Crippen molar-refractivity contribution in [1.82, 2.24) is 10.3 Å². The predicted molar refractivity (Wildman–Crippen MR) is 88.1 cm³/mol. The van der Waals surface area contributed by atoms with Gasteiger partial charge < -0.3 is 15.4 Å². The van der Waals surface area contributed by atoms with Crippen molar-refractivity contribution < 1.29 is 14.3 Å². The van der Waals surface area contributed by atoms with Crippen LogP contribution in [0.4, 0.5) is 5.13 Å². The summed E-state index contributed by atoms with van der Waals surface area (Å²) in [6.45, 7) is 0.666. The van der Waals surface area contributed by atoms with E-state index in [1.165, 1.54) is 11.3 Å². The zero-order valence-corrected chi connectivity index (χ0v) is 13.5. The fraction of sp³-hybridized carbons (Fsp3) is 0.312. The van der Waals surface area contributed by atoms with Crippen molar-refractivity contribution in [2.45, 2.75) is 19.3 Å². The summed E-state index contributed by atoms with van der Waals surface area (Å²) in [7, 11) is 1.59. The number of aromatic nitrogens is 1. The van der Waals surface area contributed by atoms with Crippen LogP contribution >= 0.6 is 11.3 Å². The zero-order chi connectivity index (χ0) is 16.2. The third-order valence-corrected chi connectivity index (χ3v) is 4.54. The second kappa shape index (κ2) is 6.78. The first-order valence-corrected chi connectivity index (χ1v) is 8.18. The quantitative estimate of drug-likeness (QED) is 0.898. The van der Waals surface area contributed by atoms with Crippen molar-refractivity contribution >= 4 is 28.3 Å². The molecule has 2 N–H and O–H groups in total. The van der Waals surface area contributed by atoms with Gasteiger partial charge in [-0.2, -0.15) is 0 Å². The van der Waals surface area contributed by atoms with Crippen LogP contribution in [-0.4, -0.2) is 30.5 Å². The van der Waals surface area contributed by atoms with Crippen LogP contribution in [0.15, 0.2) is 24.3 Å². The van der Waals surface area contributed by atoms with E-state index >= 15 is 0 Å². The second-order valence-corrected chi connectivity index (χ2v) is 6.23. The monoisotopic (exact) mass is 331 g/mol. The Morgan fingerprint density at radius 2 is 2.35 bits per heavy atom. The first kappa shape index (κ1) is 15.5. The molecule has 6 nitrogen and oxygen atoms in total. The minimum atomic E-state index is -0.164. The minimum absolute atomic E-state index is 0.108. The molecule has 0 bridgehead atoms. The number of hydrogen-bond acceptors (Lipinski definition) is 5. The highest BCUT2D eigenvalue weighted by Gasteiger charge is 2.21. The van der Waals surface area contributed by atoms with E-state index in [9.17, 15) is 9.59 Å². The number of nitrogens with zero attached hydrogens (tertiary/aromatic N) is 1. The molecule has 2 heterocycles. The van der Waals surface area contributed by atoms with Crippen molar-refractivity contribution in [3.63, 3.8) is 0 Å². The van der Waals surface area contributed by atoms with Gasteiger partial charge in [-0.25, -0.2) is 4.98 Å². The van der Waals surface area contributed by atoms with Gasteiger partial charge >= 0.3 is 0 Å². The van der Waals surface area contributed by atoms with Gasteiger partial charge in [-0.05, 0) is 30.5 Å². The molecule has 1 aromatic heterocycles. The van der Waals surface area contributed by atoms with Gasteiger partial charge in [0.05, 0.1) is 19.2 Å². The Morgan fingerprint density at radius 3 is 3.17 bits per heavy atom. The first-order chi connectivity index (χ1) is 11.2. The lowest BCUT2D eigenvalue weighted by atomic mass is 10.1. The van der Waals surface area contributed by atoms with Crippen molar-refractivity contribution in [1.29, 1.82) is 0 Å². The Labute approximate surface area is 137 Å². The Bertz CT molecular complexity index is 742. The number of thiazole rings is 1. The Hall–Kier alpha value is -2.41. The molecule has 1 aliphatic rings. The molecule has 0 fully saturated rings. The predicted octanol–water partition coefficient (Wildman–Crippen LogP) is 2.01. The van der Waals surface area contributed by atoms with Gasteiger partial charge in [0.2, 0.25) is 5.91 Å². The molecule has 0 unspecified atom stereocenters. The van der Waals surface area contributed by atoms with Gasteiger partial charge in [-0.1, -0.05) is 23.5 Å². The fourth-order valence-electron chi connectivity index (χ4n) is 2.42. The summed E-state index contributed by atoms with van der Waals surface area (Å²) in [6.07, 6.45) is 1.84. The molecule has 0 saturated carbocycles. The van der Waals surface area contributed by atoms with Crippen LogP contribution < -0.4 is 15.4 Å². The average Bonchev–Trinajstić information content (AvgIpc) is 2.86. The molecular weight excluding hydrogens is 314 g/mol. The van der Waals surface area contributed by atoms with Crippen molar-refractivity contribution in [2.75, 3.05) is 19.0 Å². The number of rotatable bonds is 4. The smallest absolute Gasteiger partial charge is 0.263 e. The molecule has 0 atom stereocenters. The molecule has 2 amide bonds. The van der Waals surface area contributed by atoms with E-state index in [0.29, 0.717) is 22.3 Å². The maximum absolute atomic E-state index is 12.2. The largest absolute Gasteiger partial charge is 0.497 e. The van der Waals surface area contributed by atoms with E-state index in [0.717, 1.165) is 24.1 Å². The first-order valence-electron chi connectivity index (χ1n) is 7.36. The summed E-state index contributed by atoms with van der Waals surface area (Å²) in [5.41, 5.74) is 1.62. The van der Waals surface area contributed by atoms with Crippen LogP contribution in [0.5, 0.6) is 5.75 Å². The lowest BCUT2D eigenvalue weighted by molar-refractivity contribution is -0.115. The van der Waals surface area contributed by atoms with Crippen molar-refractivity contribution in [2.24, 2.45) is 0 Å². The van der Waals surface area contributed by atoms with E-state index in [-0.39, 0.29) is 18.2 Å². The number of benzene rings is 1. The van der Waals surface area contributed by atoms with Crippen LogP contribution in [0.2, 0.25) is 0 Å². The topological polar surface area (TPSA) is 80.3 Å². The summed E-state index contributed by atoms with van der Waals surface area (Å²) in [5.74, 6) is 0.443. The van der Waals surface area contributed by atoms with E-state index in [4.69, 9.17) is 4.74 Å². The van der Waals surface area contributed by atoms with Crippen LogP contribution in [0.1, 0.15) is 27.3 Å². The number of carbonyl (C=O) groups excluding carboxylic acids is 2. The number of nitrogens with one attached hydrogen (secondary N) is 2. The number of fused-ring (bicyclic) bond motifs is 1. The number of hydrogen-bond donors (Lipinski definition) is 2. The highest BCUT2D eigenvalue weighted by Crippen LogP contribution is 2.25. The third-order valence-electron chi connectivity index (χ3n) is 3.52. The molecule has 2 aromatic rings. The number of methoxy groups -OCH3 is 1. The molecule has 0 saturated heterocycles. The van der Waals surface area contributed by atoms with Crippen molar-refractivity contribution in [3.05, 3.63) is 40.4 Å². The molecule has 7 heteroatoms. The number of ether oxygens (including phenoxy) is 1. The second-order valence-electron chi connectivity index (χ2n) is 5.23. The van der Waals surface area contributed by atoms with Gasteiger partial charge in [0.1, 0.15) is 10.6 Å². The van der Waals surface area contributed by atoms with Crippen LogP contribution in [0.25, 0.3) is 0 Å². The van der Waals surface area contributed by atoms with Crippen LogP contribution in [0.3, 0.4) is 0 Å². The number of anilines is 1. The fourth-order valence-corrected chi connectivity index (χ4v) is 3.37. The highest BCUT2D eigenvalue weighted by atomic mass is 32.1. The van der Waals surface area contributed by atoms with Crippen LogP contribution in [0, 0.1) is 0 Å². The van der Waals surface area contributed by atoms with E-state index in [1.54, 1.807) is 7.11 Å².